The molecule has 3 aromatic rings. The molecule has 0 saturated heterocycles. The molecule has 2 heterocycles. The standard InChI is InChI=1S/C30H37F3N2O3/c1-6-9-10-15-35-27-17-24(37-18-22(30(31,32)33)19-38-29(36)20(4)5)13-11-21(27)16-28(35)25-14-12-23(7-2)34-26(25)8-3/h11-14,16-17,22H,4,6-10,15,18-19H2,1-3,5H3. The maximum atomic E-state index is 13.6. The number of benzene rings is 1. The van der Waals surface area contributed by atoms with Crippen molar-refractivity contribution in [2.24, 2.45) is 5.92 Å². The van der Waals surface area contributed by atoms with Gasteiger partial charge in [-0.3, -0.25) is 4.98 Å². The van der Waals surface area contributed by atoms with Crippen LogP contribution in [0.1, 0.15) is 58.3 Å². The van der Waals surface area contributed by atoms with Crippen molar-refractivity contribution < 1.29 is 27.4 Å². The number of aryl methyl sites for hydroxylation is 3. The first-order valence-corrected chi connectivity index (χ1v) is 13.2. The predicted octanol–water partition coefficient (Wildman–Crippen LogP) is 7.69. The third-order valence-electron chi connectivity index (χ3n) is 6.54. The Balaban J connectivity index is 1.93. The number of carbonyl (C=O) groups is 1. The lowest BCUT2D eigenvalue weighted by Crippen LogP contribution is -2.33. The van der Waals surface area contributed by atoms with E-state index >= 15 is 0 Å². The van der Waals surface area contributed by atoms with Gasteiger partial charge in [0.1, 0.15) is 24.9 Å². The topological polar surface area (TPSA) is 53.4 Å². The summed E-state index contributed by atoms with van der Waals surface area (Å²) in [4.78, 5) is 16.4. The van der Waals surface area contributed by atoms with Crippen molar-refractivity contribution in [3.63, 3.8) is 0 Å². The van der Waals surface area contributed by atoms with Gasteiger partial charge >= 0.3 is 12.1 Å². The third-order valence-corrected chi connectivity index (χ3v) is 6.54. The van der Waals surface area contributed by atoms with Gasteiger partial charge in [0.25, 0.3) is 0 Å². The number of halogens is 3. The van der Waals surface area contributed by atoms with E-state index in [0.29, 0.717) is 5.75 Å². The molecule has 206 valence electrons. The highest BCUT2D eigenvalue weighted by Crippen LogP contribution is 2.34. The zero-order valence-electron chi connectivity index (χ0n) is 22.7. The fraction of sp³-hybridized carbons (Fsp3) is 0.467. The lowest BCUT2D eigenvalue weighted by atomic mass is 10.1. The van der Waals surface area contributed by atoms with Gasteiger partial charge in [-0.15, -0.1) is 0 Å². The molecule has 3 rings (SSSR count). The Labute approximate surface area is 222 Å². The smallest absolute Gasteiger partial charge is 0.398 e. The summed E-state index contributed by atoms with van der Waals surface area (Å²) in [6.45, 7) is 10.4. The predicted molar refractivity (Wildman–Crippen MR) is 144 cm³/mol. The van der Waals surface area contributed by atoms with Crippen LogP contribution in [0.3, 0.4) is 0 Å². The van der Waals surface area contributed by atoms with Crippen LogP contribution >= 0.6 is 0 Å². The second-order valence-corrected chi connectivity index (χ2v) is 9.54. The molecular weight excluding hydrogens is 493 g/mol. The van der Waals surface area contributed by atoms with E-state index in [2.05, 4.69) is 50.1 Å². The highest BCUT2D eigenvalue weighted by molar-refractivity contribution is 5.88. The van der Waals surface area contributed by atoms with Crippen molar-refractivity contribution in [1.29, 1.82) is 0 Å². The fourth-order valence-electron chi connectivity index (χ4n) is 4.29. The largest absolute Gasteiger partial charge is 0.493 e. The quantitative estimate of drug-likeness (QED) is 0.129. The van der Waals surface area contributed by atoms with E-state index in [1.54, 1.807) is 12.1 Å². The molecule has 1 unspecified atom stereocenters. The molecule has 0 radical (unpaired) electrons. The van der Waals surface area contributed by atoms with Crippen molar-refractivity contribution in [3.05, 3.63) is 59.9 Å². The molecule has 0 amide bonds. The Bertz CT molecular complexity index is 1260. The van der Waals surface area contributed by atoms with Crippen LogP contribution in [0.2, 0.25) is 0 Å². The summed E-state index contributed by atoms with van der Waals surface area (Å²) < 4.78 is 53.3. The van der Waals surface area contributed by atoms with E-state index < -0.39 is 31.3 Å². The van der Waals surface area contributed by atoms with Crippen LogP contribution in [0.15, 0.2) is 48.6 Å². The van der Waals surface area contributed by atoms with Crippen LogP contribution in [-0.4, -0.2) is 34.9 Å². The van der Waals surface area contributed by atoms with Crippen molar-refractivity contribution in [2.45, 2.75) is 72.5 Å². The van der Waals surface area contributed by atoms with Gasteiger partial charge in [0.15, 0.2) is 0 Å². The van der Waals surface area contributed by atoms with Gasteiger partial charge in [-0.25, -0.2) is 4.79 Å². The molecule has 0 saturated carbocycles. The van der Waals surface area contributed by atoms with Crippen LogP contribution in [0.5, 0.6) is 5.75 Å². The first-order chi connectivity index (χ1) is 18.1. The normalized spacial score (nSPS) is 12.5. The molecule has 1 atom stereocenters. The number of nitrogens with zero attached hydrogens (tertiary/aromatic N) is 2. The van der Waals surface area contributed by atoms with Gasteiger partial charge in [0, 0.05) is 40.5 Å². The van der Waals surface area contributed by atoms with Crippen molar-refractivity contribution in [3.8, 4) is 17.0 Å². The highest BCUT2D eigenvalue weighted by Gasteiger charge is 2.41. The van der Waals surface area contributed by atoms with E-state index in [9.17, 15) is 18.0 Å². The summed E-state index contributed by atoms with van der Waals surface area (Å²) >= 11 is 0. The highest BCUT2D eigenvalue weighted by atomic mass is 19.4. The summed E-state index contributed by atoms with van der Waals surface area (Å²) in [5.41, 5.74) is 5.12. The van der Waals surface area contributed by atoms with E-state index in [1.807, 2.05) is 6.07 Å². The van der Waals surface area contributed by atoms with Crippen LogP contribution in [-0.2, 0) is 28.9 Å². The van der Waals surface area contributed by atoms with E-state index in [4.69, 9.17) is 14.5 Å². The summed E-state index contributed by atoms with van der Waals surface area (Å²) in [5.74, 6) is -2.48. The summed E-state index contributed by atoms with van der Waals surface area (Å²) in [6, 6.07) is 11.6. The van der Waals surface area contributed by atoms with E-state index in [-0.39, 0.29) is 5.57 Å². The van der Waals surface area contributed by atoms with Gasteiger partial charge in [-0.2, -0.15) is 13.2 Å². The number of pyridine rings is 1. The van der Waals surface area contributed by atoms with Crippen molar-refractivity contribution in [2.75, 3.05) is 13.2 Å². The molecule has 0 aliphatic heterocycles. The Morgan fingerprint density at radius 1 is 1.05 bits per heavy atom. The van der Waals surface area contributed by atoms with Gasteiger partial charge in [-0.1, -0.05) is 40.2 Å². The Kier molecular flexibility index (Phi) is 10.00. The molecule has 0 bridgehead atoms. The average molecular weight is 531 g/mol. The minimum absolute atomic E-state index is 0.0442. The molecule has 5 nitrogen and oxygen atoms in total. The number of hydrogen-bond donors (Lipinski definition) is 0. The fourth-order valence-corrected chi connectivity index (χ4v) is 4.29. The maximum Gasteiger partial charge on any atom is 0.398 e. The number of hydrogen-bond acceptors (Lipinski definition) is 4. The molecule has 38 heavy (non-hydrogen) atoms. The number of unbranched alkanes of at least 4 members (excludes halogenated alkanes) is 2. The summed E-state index contributed by atoms with van der Waals surface area (Å²) in [6.07, 6.45) is 0.192. The Morgan fingerprint density at radius 3 is 2.45 bits per heavy atom. The van der Waals surface area contributed by atoms with Gasteiger partial charge in [0.2, 0.25) is 0 Å². The number of alkyl halides is 3. The number of carbonyl (C=O) groups excluding carboxylic acids is 1. The zero-order valence-corrected chi connectivity index (χ0v) is 22.7. The number of esters is 1. The number of fused-ring (bicyclic) bond motifs is 1. The molecule has 0 aliphatic rings. The first kappa shape index (κ1) is 29.3. The van der Waals surface area contributed by atoms with Gasteiger partial charge in [0.05, 0.1) is 11.2 Å². The van der Waals surface area contributed by atoms with Crippen LogP contribution in [0.25, 0.3) is 22.2 Å². The average Bonchev–Trinajstić information content (AvgIpc) is 3.24. The van der Waals surface area contributed by atoms with E-state index in [0.717, 1.165) is 72.2 Å². The van der Waals surface area contributed by atoms with Crippen molar-refractivity contribution >= 4 is 16.9 Å². The SMILES string of the molecule is C=C(C)C(=O)OCC(COc1ccc2cc(-c3ccc(CC)nc3CC)n(CCCCC)c2c1)C(F)(F)F. The first-order valence-electron chi connectivity index (χ1n) is 13.2. The minimum atomic E-state index is -4.58. The molecule has 0 aliphatic carbocycles. The maximum absolute atomic E-state index is 13.6. The second-order valence-electron chi connectivity index (χ2n) is 9.54. The lowest BCUT2D eigenvalue weighted by molar-refractivity contribution is -0.196. The number of rotatable bonds is 13. The van der Waals surface area contributed by atoms with E-state index in [1.165, 1.54) is 6.92 Å². The summed E-state index contributed by atoms with van der Waals surface area (Å²) in [5, 5.41) is 0.980. The molecule has 2 aromatic heterocycles. The molecule has 0 N–H and O–H groups in total. The Hall–Kier alpha value is -3.29. The minimum Gasteiger partial charge on any atom is -0.493 e. The third kappa shape index (κ3) is 7.17. The molecule has 0 spiro atoms. The molecule has 8 heteroatoms. The van der Waals surface area contributed by atoms with Crippen LogP contribution < -0.4 is 4.74 Å². The van der Waals surface area contributed by atoms with Gasteiger partial charge in [-0.05, 0) is 56.5 Å². The summed E-state index contributed by atoms with van der Waals surface area (Å²) in [7, 11) is 0. The lowest BCUT2D eigenvalue weighted by Gasteiger charge is -2.20. The molecule has 0 fully saturated rings. The number of ether oxygens (including phenoxy) is 2. The molecular formula is C30H37F3N2O3. The van der Waals surface area contributed by atoms with Crippen molar-refractivity contribution in [1.82, 2.24) is 9.55 Å². The zero-order chi connectivity index (χ0) is 27.9. The van der Waals surface area contributed by atoms with Gasteiger partial charge < -0.3 is 14.0 Å². The van der Waals surface area contributed by atoms with Crippen LogP contribution in [0, 0.1) is 5.92 Å². The molecule has 1 aromatic carbocycles. The van der Waals surface area contributed by atoms with Crippen LogP contribution in [0.4, 0.5) is 13.2 Å². The Morgan fingerprint density at radius 2 is 1.82 bits per heavy atom. The second kappa shape index (κ2) is 13.0. The monoisotopic (exact) mass is 530 g/mol. The number of aromatic nitrogens is 2.